The van der Waals surface area contributed by atoms with Crippen LogP contribution in [0.1, 0.15) is 18.1 Å². The van der Waals surface area contributed by atoms with Crippen LogP contribution in [0.15, 0.2) is 84.0 Å². The van der Waals surface area contributed by atoms with Crippen molar-refractivity contribution in [3.63, 3.8) is 0 Å². The van der Waals surface area contributed by atoms with Gasteiger partial charge in [-0.3, -0.25) is 9.59 Å². The number of nitrogens with zero attached hydrogens (tertiary/aromatic N) is 1. The number of carbonyl (C=O) groups is 2. The fourth-order valence-electron chi connectivity index (χ4n) is 2.64. The molecule has 7 heteroatoms. The first kappa shape index (κ1) is 21.6. The van der Waals surface area contributed by atoms with E-state index in [9.17, 15) is 9.59 Å². The first-order valence-electron chi connectivity index (χ1n) is 9.78. The zero-order chi connectivity index (χ0) is 21.9. The molecule has 0 bridgehead atoms. The van der Waals surface area contributed by atoms with Gasteiger partial charge >= 0.3 is 11.8 Å². The summed E-state index contributed by atoms with van der Waals surface area (Å²) < 4.78 is 11.1. The predicted molar refractivity (Wildman–Crippen MR) is 119 cm³/mol. The average molecular weight is 417 g/mol. The van der Waals surface area contributed by atoms with E-state index >= 15 is 0 Å². The number of hydrogen-bond donors (Lipinski definition) is 2. The average Bonchev–Trinajstić information content (AvgIpc) is 2.80. The van der Waals surface area contributed by atoms with Crippen molar-refractivity contribution < 1.29 is 19.1 Å². The molecule has 0 radical (unpaired) electrons. The van der Waals surface area contributed by atoms with Crippen LogP contribution in [0, 0.1) is 0 Å². The third-order valence-corrected chi connectivity index (χ3v) is 4.15. The zero-order valence-corrected chi connectivity index (χ0v) is 17.1. The molecule has 0 atom stereocenters. The Balaban J connectivity index is 1.48. The van der Waals surface area contributed by atoms with Crippen LogP contribution >= 0.6 is 0 Å². The van der Waals surface area contributed by atoms with E-state index < -0.39 is 11.8 Å². The van der Waals surface area contributed by atoms with E-state index in [0.717, 1.165) is 16.9 Å². The Bertz CT molecular complexity index is 1030. The summed E-state index contributed by atoms with van der Waals surface area (Å²) in [5, 5.41) is 6.34. The van der Waals surface area contributed by atoms with Gasteiger partial charge in [-0.2, -0.15) is 5.10 Å². The number of ether oxygens (including phenoxy) is 2. The highest BCUT2D eigenvalue weighted by Gasteiger charge is 2.15. The Morgan fingerprint density at radius 2 is 1.58 bits per heavy atom. The molecule has 0 heterocycles. The SMILES string of the molecule is CCOc1ccccc1NC(=O)C(=O)NN=Cc1ccc(OCc2ccccc2)cc1. The first-order valence-corrected chi connectivity index (χ1v) is 9.78. The van der Waals surface area contributed by atoms with Crippen LogP contribution in [0.3, 0.4) is 0 Å². The Kier molecular flexibility index (Phi) is 7.77. The van der Waals surface area contributed by atoms with Gasteiger partial charge in [0.05, 0.1) is 18.5 Å². The van der Waals surface area contributed by atoms with E-state index in [-0.39, 0.29) is 0 Å². The minimum Gasteiger partial charge on any atom is -0.492 e. The highest BCUT2D eigenvalue weighted by molar-refractivity contribution is 6.39. The summed E-state index contributed by atoms with van der Waals surface area (Å²) in [6.45, 7) is 2.76. The van der Waals surface area contributed by atoms with Crippen LogP contribution in [0.5, 0.6) is 11.5 Å². The summed E-state index contributed by atoms with van der Waals surface area (Å²) in [5.74, 6) is -0.513. The Hall–Kier alpha value is -4.13. The minimum atomic E-state index is -0.884. The van der Waals surface area contributed by atoms with Crippen molar-refractivity contribution in [3.8, 4) is 11.5 Å². The summed E-state index contributed by atoms with van der Waals surface area (Å²) in [7, 11) is 0. The Morgan fingerprint density at radius 1 is 0.871 bits per heavy atom. The van der Waals surface area contributed by atoms with Crippen molar-refractivity contribution in [1.82, 2.24) is 5.43 Å². The summed E-state index contributed by atoms with van der Waals surface area (Å²) in [6.07, 6.45) is 1.44. The molecule has 31 heavy (non-hydrogen) atoms. The van der Waals surface area contributed by atoms with Crippen molar-refractivity contribution in [3.05, 3.63) is 90.0 Å². The third kappa shape index (κ3) is 6.71. The smallest absolute Gasteiger partial charge is 0.329 e. The molecule has 0 saturated heterocycles. The van der Waals surface area contributed by atoms with Crippen LogP contribution in [-0.2, 0) is 16.2 Å². The second-order valence-corrected chi connectivity index (χ2v) is 6.43. The molecule has 0 saturated carbocycles. The van der Waals surface area contributed by atoms with E-state index in [1.165, 1.54) is 6.21 Å². The van der Waals surface area contributed by atoms with Crippen molar-refractivity contribution in [1.29, 1.82) is 0 Å². The number of anilines is 1. The van der Waals surface area contributed by atoms with Gasteiger partial charge in [0.2, 0.25) is 0 Å². The lowest BCUT2D eigenvalue weighted by Gasteiger charge is -2.10. The van der Waals surface area contributed by atoms with Gasteiger partial charge in [-0.25, -0.2) is 5.43 Å². The van der Waals surface area contributed by atoms with Gasteiger partial charge in [0.15, 0.2) is 0 Å². The number of hydrazone groups is 1. The lowest BCUT2D eigenvalue weighted by Crippen LogP contribution is -2.32. The van der Waals surface area contributed by atoms with Crippen molar-refractivity contribution >= 4 is 23.7 Å². The van der Waals surface area contributed by atoms with Gasteiger partial charge in [0, 0.05) is 0 Å². The molecule has 2 N–H and O–H groups in total. The molecule has 0 unspecified atom stereocenters. The molecule has 0 aliphatic carbocycles. The molecular formula is C24H23N3O4. The molecular weight excluding hydrogens is 394 g/mol. The fourth-order valence-corrected chi connectivity index (χ4v) is 2.64. The standard InChI is InChI=1S/C24H23N3O4/c1-2-30-22-11-7-6-10-21(22)26-23(28)24(29)27-25-16-18-12-14-20(15-13-18)31-17-19-8-4-3-5-9-19/h3-16H,2,17H2,1H3,(H,26,28)(H,27,29). The summed E-state index contributed by atoms with van der Waals surface area (Å²) in [6, 6.07) is 24.0. The Labute approximate surface area is 180 Å². The zero-order valence-electron chi connectivity index (χ0n) is 17.1. The van der Waals surface area contributed by atoms with Crippen molar-refractivity contribution in [2.75, 3.05) is 11.9 Å². The fraction of sp³-hybridized carbons (Fsp3) is 0.125. The molecule has 0 spiro atoms. The van der Waals surface area contributed by atoms with Gasteiger partial charge in [-0.1, -0.05) is 42.5 Å². The lowest BCUT2D eigenvalue weighted by atomic mass is 10.2. The number of carbonyl (C=O) groups excluding carboxylic acids is 2. The van der Waals surface area contributed by atoms with E-state index in [1.54, 1.807) is 36.4 Å². The highest BCUT2D eigenvalue weighted by atomic mass is 16.5. The largest absolute Gasteiger partial charge is 0.492 e. The molecule has 3 aromatic carbocycles. The topological polar surface area (TPSA) is 89.0 Å². The molecule has 2 amide bonds. The number of rotatable bonds is 8. The second-order valence-electron chi connectivity index (χ2n) is 6.43. The molecule has 0 aliphatic rings. The molecule has 158 valence electrons. The number of amides is 2. The molecule has 0 aliphatic heterocycles. The number of para-hydroxylation sites is 2. The summed E-state index contributed by atoms with van der Waals surface area (Å²) >= 11 is 0. The van der Waals surface area contributed by atoms with Crippen LogP contribution in [-0.4, -0.2) is 24.6 Å². The minimum absolute atomic E-state index is 0.416. The monoisotopic (exact) mass is 417 g/mol. The highest BCUT2D eigenvalue weighted by Crippen LogP contribution is 2.23. The third-order valence-electron chi connectivity index (χ3n) is 4.15. The van der Waals surface area contributed by atoms with Gasteiger partial charge < -0.3 is 14.8 Å². The van der Waals surface area contributed by atoms with E-state index in [1.807, 2.05) is 49.4 Å². The molecule has 3 rings (SSSR count). The normalized spacial score (nSPS) is 10.5. The van der Waals surface area contributed by atoms with E-state index in [4.69, 9.17) is 9.47 Å². The number of nitrogens with one attached hydrogen (secondary N) is 2. The van der Waals surface area contributed by atoms with E-state index in [2.05, 4.69) is 15.8 Å². The van der Waals surface area contributed by atoms with E-state index in [0.29, 0.717) is 24.7 Å². The van der Waals surface area contributed by atoms with Crippen LogP contribution in [0.25, 0.3) is 0 Å². The maximum Gasteiger partial charge on any atom is 0.329 e. The predicted octanol–water partition coefficient (Wildman–Crippen LogP) is 3.75. The van der Waals surface area contributed by atoms with Gasteiger partial charge in [-0.05, 0) is 54.4 Å². The van der Waals surface area contributed by atoms with Crippen molar-refractivity contribution in [2.24, 2.45) is 5.10 Å². The first-order chi connectivity index (χ1) is 15.2. The molecule has 0 aromatic heterocycles. The number of hydrogen-bond acceptors (Lipinski definition) is 5. The number of benzene rings is 3. The van der Waals surface area contributed by atoms with Gasteiger partial charge in [-0.15, -0.1) is 0 Å². The van der Waals surface area contributed by atoms with Gasteiger partial charge in [0.25, 0.3) is 0 Å². The molecule has 0 fully saturated rings. The quantitative estimate of drug-likeness (QED) is 0.332. The van der Waals surface area contributed by atoms with Crippen molar-refractivity contribution in [2.45, 2.75) is 13.5 Å². The van der Waals surface area contributed by atoms with Gasteiger partial charge in [0.1, 0.15) is 18.1 Å². The van der Waals surface area contributed by atoms with Crippen LogP contribution < -0.4 is 20.2 Å². The van der Waals surface area contributed by atoms with Crippen LogP contribution in [0.2, 0.25) is 0 Å². The Morgan fingerprint density at radius 3 is 2.32 bits per heavy atom. The maximum atomic E-state index is 12.1. The summed E-state index contributed by atoms with van der Waals surface area (Å²) in [5.41, 5.74) is 4.45. The summed E-state index contributed by atoms with van der Waals surface area (Å²) in [4.78, 5) is 24.1. The van der Waals surface area contributed by atoms with Crippen LogP contribution in [0.4, 0.5) is 5.69 Å². The molecule has 7 nitrogen and oxygen atoms in total. The lowest BCUT2D eigenvalue weighted by molar-refractivity contribution is -0.136. The second kappa shape index (κ2) is 11.2. The molecule has 3 aromatic rings. The maximum absolute atomic E-state index is 12.1.